The van der Waals surface area contributed by atoms with Crippen molar-refractivity contribution in [2.45, 2.75) is 26.4 Å². The van der Waals surface area contributed by atoms with Crippen molar-refractivity contribution in [2.24, 2.45) is 5.10 Å². The number of carbonyl (C=O) groups excluding carboxylic acids is 1. The lowest BCUT2D eigenvalue weighted by molar-refractivity contribution is 0.1000. The maximum atomic E-state index is 12.5. The van der Waals surface area contributed by atoms with Crippen LogP contribution in [0.4, 0.5) is 0 Å². The molecule has 0 saturated carbocycles. The highest BCUT2D eigenvalue weighted by Crippen LogP contribution is 2.12. The Balaban J connectivity index is 1.74. The monoisotopic (exact) mass is 356 g/mol. The fraction of sp³-hybridized carbons (Fsp3) is 0.167. The van der Waals surface area contributed by atoms with Gasteiger partial charge >= 0.3 is 0 Å². The number of Topliss-reactive ketones (excluding diaryl/α,β-unsaturated/α-hetero) is 1. The summed E-state index contributed by atoms with van der Waals surface area (Å²) in [6, 6.07) is 29.9. The Labute approximate surface area is 161 Å². The first-order chi connectivity index (χ1) is 13.2. The normalized spacial score (nSPS) is 11.2. The summed E-state index contributed by atoms with van der Waals surface area (Å²) < 4.78 is 0. The summed E-state index contributed by atoms with van der Waals surface area (Å²) in [6.45, 7) is 3.32. The molecule has 0 atom stereocenters. The summed E-state index contributed by atoms with van der Waals surface area (Å²) in [4.78, 5) is 12.5. The van der Waals surface area contributed by atoms with Gasteiger partial charge < -0.3 is 0 Å². The predicted octanol–water partition coefficient (Wildman–Crippen LogP) is 5.34. The minimum Gasteiger partial charge on any atom is -0.294 e. The third-order valence-corrected chi connectivity index (χ3v) is 4.24. The second kappa shape index (κ2) is 9.48. The van der Waals surface area contributed by atoms with E-state index in [1.54, 1.807) is 0 Å². The SMILES string of the molecule is CC(CC(=O)c1ccccc1)=NN(Cc1ccccc1)Cc1ccccc1. The van der Waals surface area contributed by atoms with E-state index in [9.17, 15) is 4.79 Å². The molecule has 3 aromatic rings. The van der Waals surface area contributed by atoms with Crippen LogP contribution >= 0.6 is 0 Å². The summed E-state index contributed by atoms with van der Waals surface area (Å²) in [5.41, 5.74) is 3.93. The molecule has 3 nitrogen and oxygen atoms in total. The molecule has 3 rings (SSSR count). The van der Waals surface area contributed by atoms with Crippen LogP contribution in [-0.2, 0) is 13.1 Å². The van der Waals surface area contributed by atoms with Gasteiger partial charge in [0.05, 0.1) is 19.5 Å². The van der Waals surface area contributed by atoms with Crippen LogP contribution in [0, 0.1) is 0 Å². The van der Waals surface area contributed by atoms with Crippen LogP contribution < -0.4 is 0 Å². The second-order valence-electron chi connectivity index (χ2n) is 6.60. The zero-order valence-corrected chi connectivity index (χ0v) is 15.6. The molecule has 0 aliphatic heterocycles. The van der Waals surface area contributed by atoms with Crippen LogP contribution in [0.15, 0.2) is 96.1 Å². The molecule has 0 heterocycles. The van der Waals surface area contributed by atoms with Gasteiger partial charge in [0.2, 0.25) is 0 Å². The third-order valence-electron chi connectivity index (χ3n) is 4.24. The topological polar surface area (TPSA) is 32.7 Å². The van der Waals surface area contributed by atoms with E-state index in [-0.39, 0.29) is 5.78 Å². The third kappa shape index (κ3) is 5.93. The van der Waals surface area contributed by atoms with Crippen molar-refractivity contribution in [3.05, 3.63) is 108 Å². The fourth-order valence-corrected chi connectivity index (χ4v) is 2.95. The molecule has 3 aromatic carbocycles. The van der Waals surface area contributed by atoms with Crippen LogP contribution in [0.5, 0.6) is 0 Å². The van der Waals surface area contributed by atoms with Gasteiger partial charge in [-0.1, -0.05) is 91.0 Å². The van der Waals surface area contributed by atoms with Gasteiger partial charge in [-0.15, -0.1) is 0 Å². The summed E-state index contributed by atoms with van der Waals surface area (Å²) in [6.07, 6.45) is 0.324. The first-order valence-electron chi connectivity index (χ1n) is 9.16. The Morgan fingerprint density at radius 1 is 0.741 bits per heavy atom. The highest BCUT2D eigenvalue weighted by molar-refractivity contribution is 6.08. The average molecular weight is 356 g/mol. The Bertz CT molecular complexity index is 833. The number of carbonyl (C=O) groups is 1. The Hall–Kier alpha value is -3.20. The number of hydrogen-bond donors (Lipinski definition) is 0. The molecule has 0 unspecified atom stereocenters. The molecule has 0 fully saturated rings. The minimum atomic E-state index is 0.0937. The van der Waals surface area contributed by atoms with E-state index >= 15 is 0 Å². The van der Waals surface area contributed by atoms with Crippen molar-refractivity contribution in [3.63, 3.8) is 0 Å². The number of hydrazone groups is 1. The van der Waals surface area contributed by atoms with Crippen molar-refractivity contribution in [1.82, 2.24) is 5.01 Å². The van der Waals surface area contributed by atoms with Crippen molar-refractivity contribution in [2.75, 3.05) is 0 Å². The summed E-state index contributed by atoms with van der Waals surface area (Å²) in [7, 11) is 0. The molecule has 0 amide bonds. The molecule has 0 aliphatic rings. The highest BCUT2D eigenvalue weighted by Gasteiger charge is 2.10. The van der Waals surface area contributed by atoms with E-state index in [0.29, 0.717) is 19.5 Å². The maximum Gasteiger partial charge on any atom is 0.168 e. The quantitative estimate of drug-likeness (QED) is 0.310. The predicted molar refractivity (Wildman–Crippen MR) is 111 cm³/mol. The van der Waals surface area contributed by atoms with Crippen LogP contribution in [0.25, 0.3) is 0 Å². The van der Waals surface area contributed by atoms with E-state index in [4.69, 9.17) is 5.10 Å². The lowest BCUT2D eigenvalue weighted by atomic mass is 10.1. The van der Waals surface area contributed by atoms with Crippen LogP contribution in [0.2, 0.25) is 0 Å². The van der Waals surface area contributed by atoms with Crippen molar-refractivity contribution in [1.29, 1.82) is 0 Å². The molecular weight excluding hydrogens is 332 g/mol. The van der Waals surface area contributed by atoms with Crippen LogP contribution in [-0.4, -0.2) is 16.5 Å². The van der Waals surface area contributed by atoms with Gasteiger partial charge in [0, 0.05) is 11.3 Å². The summed E-state index contributed by atoms with van der Waals surface area (Å²) >= 11 is 0. The number of hydrogen-bond acceptors (Lipinski definition) is 3. The standard InChI is InChI=1S/C24H24N2O/c1-20(17-24(27)23-15-9-4-10-16-23)25-26(18-21-11-5-2-6-12-21)19-22-13-7-3-8-14-22/h2-16H,17-19H2,1H3. The van der Waals surface area contributed by atoms with Gasteiger partial charge in [0.25, 0.3) is 0 Å². The molecular formula is C24H24N2O. The Morgan fingerprint density at radius 3 is 1.67 bits per heavy atom. The van der Waals surface area contributed by atoms with E-state index in [0.717, 1.165) is 11.3 Å². The van der Waals surface area contributed by atoms with Gasteiger partial charge in [-0.25, -0.2) is 0 Å². The summed E-state index contributed by atoms with van der Waals surface area (Å²) in [5, 5.41) is 6.79. The van der Waals surface area contributed by atoms with Crippen LogP contribution in [0.1, 0.15) is 34.8 Å². The van der Waals surface area contributed by atoms with Gasteiger partial charge in [0.1, 0.15) is 0 Å². The van der Waals surface area contributed by atoms with Crippen LogP contribution in [0.3, 0.4) is 0 Å². The molecule has 0 N–H and O–H groups in total. The van der Waals surface area contributed by atoms with E-state index in [2.05, 4.69) is 24.3 Å². The molecule has 0 aliphatic carbocycles. The van der Waals surface area contributed by atoms with Gasteiger partial charge in [-0.3, -0.25) is 9.80 Å². The van der Waals surface area contributed by atoms with E-state index in [1.165, 1.54) is 11.1 Å². The number of nitrogens with zero attached hydrogens (tertiary/aromatic N) is 2. The summed E-state index contributed by atoms with van der Waals surface area (Å²) in [5.74, 6) is 0.0937. The number of rotatable bonds is 8. The largest absolute Gasteiger partial charge is 0.294 e. The molecule has 0 aromatic heterocycles. The average Bonchev–Trinajstić information content (AvgIpc) is 2.70. The number of benzene rings is 3. The smallest absolute Gasteiger partial charge is 0.168 e. The van der Waals surface area contributed by atoms with Crippen molar-refractivity contribution in [3.8, 4) is 0 Å². The minimum absolute atomic E-state index is 0.0937. The first-order valence-corrected chi connectivity index (χ1v) is 9.16. The molecule has 27 heavy (non-hydrogen) atoms. The maximum absolute atomic E-state index is 12.5. The zero-order valence-electron chi connectivity index (χ0n) is 15.6. The molecule has 3 heteroatoms. The zero-order chi connectivity index (χ0) is 18.9. The first kappa shape index (κ1) is 18.6. The van der Waals surface area contributed by atoms with Gasteiger partial charge in [-0.2, -0.15) is 5.10 Å². The highest BCUT2D eigenvalue weighted by atomic mass is 16.1. The fourth-order valence-electron chi connectivity index (χ4n) is 2.95. The van der Waals surface area contributed by atoms with Crippen molar-refractivity contribution < 1.29 is 4.79 Å². The lowest BCUT2D eigenvalue weighted by Crippen LogP contribution is -2.19. The molecule has 0 bridgehead atoms. The molecule has 136 valence electrons. The molecule has 0 saturated heterocycles. The van der Waals surface area contributed by atoms with Gasteiger partial charge in [0.15, 0.2) is 5.78 Å². The molecule has 0 radical (unpaired) electrons. The number of ketones is 1. The lowest BCUT2D eigenvalue weighted by Gasteiger charge is -2.21. The van der Waals surface area contributed by atoms with E-state index < -0.39 is 0 Å². The Morgan fingerprint density at radius 2 is 1.19 bits per heavy atom. The molecule has 0 spiro atoms. The van der Waals surface area contributed by atoms with Crippen molar-refractivity contribution >= 4 is 11.5 Å². The second-order valence-corrected chi connectivity index (χ2v) is 6.60. The Kier molecular flexibility index (Phi) is 6.53. The van der Waals surface area contributed by atoms with E-state index in [1.807, 2.05) is 78.7 Å². The van der Waals surface area contributed by atoms with Gasteiger partial charge in [-0.05, 0) is 18.1 Å².